The first-order valence-electron chi connectivity index (χ1n) is 3.58. The number of halogens is 2. The second-order valence-electron chi connectivity index (χ2n) is 3.49. The maximum atomic E-state index is 2.32. The van der Waals surface area contributed by atoms with Crippen LogP contribution in [0.3, 0.4) is 0 Å². The molecule has 0 heterocycles. The molecule has 0 aliphatic heterocycles. The fraction of sp³-hybridized carbons (Fsp3) is 0.333. The van der Waals surface area contributed by atoms with Gasteiger partial charge < -0.3 is 24.0 Å². The Labute approximate surface area is 105 Å². The van der Waals surface area contributed by atoms with Gasteiger partial charge in [0.1, 0.15) is 5.69 Å². The predicted octanol–water partition coefficient (Wildman–Crippen LogP) is -0.508. The summed E-state index contributed by atoms with van der Waals surface area (Å²) in [5.74, 6) is 0. The van der Waals surface area contributed by atoms with Crippen LogP contribution in [0.25, 0.3) is 0 Å². The van der Waals surface area contributed by atoms with Crippen LogP contribution in [-0.4, -0.2) is 21.1 Å². The quantitative estimate of drug-likeness (QED) is 0.449. The molecule has 0 radical (unpaired) electrons. The van der Waals surface area contributed by atoms with Crippen LogP contribution in [0.4, 0.5) is 5.69 Å². The Bertz CT molecular complexity index is 236. The lowest BCUT2D eigenvalue weighted by Gasteiger charge is -2.23. The van der Waals surface area contributed by atoms with E-state index in [-0.39, 0.29) is 24.0 Å². The van der Waals surface area contributed by atoms with Gasteiger partial charge in [0, 0.05) is 15.7 Å². The summed E-state index contributed by atoms with van der Waals surface area (Å²) in [7, 11) is 6.51. The summed E-state index contributed by atoms with van der Waals surface area (Å²) in [6, 6.07) is 8.61. The molecule has 12 heavy (non-hydrogen) atoms. The summed E-state index contributed by atoms with van der Waals surface area (Å²) < 4.78 is 2.18. The zero-order chi connectivity index (χ0) is 8.48. The molecule has 1 nitrogen and oxygen atoms in total. The van der Waals surface area contributed by atoms with Crippen molar-refractivity contribution in [1.29, 1.82) is 0 Å². The number of benzene rings is 1. The van der Waals surface area contributed by atoms with Gasteiger partial charge >= 0.3 is 0 Å². The normalized spacial score (nSPS) is 10.7. The molecule has 0 unspecified atom stereocenters. The summed E-state index contributed by atoms with van der Waals surface area (Å²) in [5, 5.41) is 0. The molecule has 0 N–H and O–H groups in total. The van der Waals surface area contributed by atoms with Gasteiger partial charge in [-0.15, -0.1) is 0 Å². The lowest BCUT2D eigenvalue weighted by molar-refractivity contribution is -0.00000240. The average Bonchev–Trinajstić information content (AvgIpc) is 1.86. The third-order valence-electron chi connectivity index (χ3n) is 1.60. The van der Waals surface area contributed by atoms with Gasteiger partial charge in [-0.25, -0.2) is 0 Å². The van der Waals surface area contributed by atoms with Crippen LogP contribution in [0, 0.1) is 3.57 Å². The van der Waals surface area contributed by atoms with Gasteiger partial charge in [-0.1, -0.05) is 0 Å². The highest BCUT2D eigenvalue weighted by atomic mass is 127. The van der Waals surface area contributed by atoms with Crippen LogP contribution < -0.4 is 28.5 Å². The number of rotatable bonds is 1. The maximum absolute atomic E-state index is 2.32. The fourth-order valence-electron chi connectivity index (χ4n) is 0.888. The van der Waals surface area contributed by atoms with E-state index in [9.17, 15) is 0 Å². The second kappa shape index (κ2) is 4.76. The Morgan fingerprint density at radius 1 is 1.00 bits per heavy atom. The third-order valence-corrected chi connectivity index (χ3v) is 2.32. The minimum Gasteiger partial charge on any atom is -1.00 e. The van der Waals surface area contributed by atoms with Crippen molar-refractivity contribution in [2.75, 3.05) is 21.1 Å². The van der Waals surface area contributed by atoms with Gasteiger partial charge in [0.2, 0.25) is 0 Å². The molecule has 1 aromatic carbocycles. The molecule has 0 amide bonds. The third kappa shape index (κ3) is 3.57. The maximum Gasteiger partial charge on any atom is 0.132 e. The van der Waals surface area contributed by atoms with Crippen molar-refractivity contribution >= 4 is 28.3 Å². The van der Waals surface area contributed by atoms with Crippen molar-refractivity contribution in [1.82, 2.24) is 4.48 Å². The molecule has 0 aliphatic rings. The van der Waals surface area contributed by atoms with E-state index in [1.807, 2.05) is 0 Å². The molecule has 0 spiro atoms. The van der Waals surface area contributed by atoms with E-state index in [4.69, 9.17) is 0 Å². The number of hydrogen-bond donors (Lipinski definition) is 0. The van der Waals surface area contributed by atoms with Crippen LogP contribution in [-0.2, 0) is 0 Å². The SMILES string of the molecule is C[N+](C)(C)c1ccc(I)cc1.[I-]. The molecule has 0 aromatic heterocycles. The minimum absolute atomic E-state index is 0. The van der Waals surface area contributed by atoms with Crippen LogP contribution in [0.2, 0.25) is 0 Å². The summed E-state index contributed by atoms with van der Waals surface area (Å²) >= 11 is 2.32. The fourth-order valence-corrected chi connectivity index (χ4v) is 1.25. The molecule has 0 saturated heterocycles. The van der Waals surface area contributed by atoms with E-state index >= 15 is 0 Å². The topological polar surface area (TPSA) is 0 Å². The van der Waals surface area contributed by atoms with E-state index in [0.717, 1.165) is 4.48 Å². The van der Waals surface area contributed by atoms with Crippen molar-refractivity contribution in [2.24, 2.45) is 0 Å². The van der Waals surface area contributed by atoms with Crippen LogP contribution in [0.1, 0.15) is 0 Å². The highest BCUT2D eigenvalue weighted by Crippen LogP contribution is 2.17. The Balaban J connectivity index is 0.00000121. The molecule has 0 bridgehead atoms. The monoisotopic (exact) mass is 389 g/mol. The van der Waals surface area contributed by atoms with E-state index in [1.165, 1.54) is 9.26 Å². The van der Waals surface area contributed by atoms with Crippen molar-refractivity contribution in [3.63, 3.8) is 0 Å². The molecule has 1 rings (SSSR count). The van der Waals surface area contributed by atoms with Crippen molar-refractivity contribution in [3.05, 3.63) is 27.8 Å². The van der Waals surface area contributed by atoms with Gasteiger partial charge in [-0.05, 0) is 34.7 Å². The van der Waals surface area contributed by atoms with Crippen molar-refractivity contribution < 1.29 is 24.0 Å². The van der Waals surface area contributed by atoms with Gasteiger partial charge in [-0.3, -0.25) is 4.48 Å². The lowest BCUT2D eigenvalue weighted by Crippen LogP contribution is -3.00. The van der Waals surface area contributed by atoms with E-state index < -0.39 is 0 Å². The molecule has 3 heteroatoms. The number of hydrogen-bond acceptors (Lipinski definition) is 0. The van der Waals surface area contributed by atoms with Crippen LogP contribution >= 0.6 is 22.6 Å². The minimum atomic E-state index is 0. The second-order valence-corrected chi connectivity index (χ2v) is 4.73. The average molecular weight is 389 g/mol. The Kier molecular flexibility index (Phi) is 5.01. The zero-order valence-corrected chi connectivity index (χ0v) is 11.8. The lowest BCUT2D eigenvalue weighted by atomic mass is 10.3. The standard InChI is InChI=1S/C9H13IN.HI/c1-11(2,3)9-6-4-8(10)5-7-9;/h4-7H,1-3H3;1H/q+1;/p-1. The summed E-state index contributed by atoms with van der Waals surface area (Å²) in [4.78, 5) is 0. The first-order chi connectivity index (χ1) is 5.00. The summed E-state index contributed by atoms with van der Waals surface area (Å²) in [6.45, 7) is 0. The molecule has 0 fully saturated rings. The van der Waals surface area contributed by atoms with Gasteiger partial charge in [0.25, 0.3) is 0 Å². The molecular weight excluding hydrogens is 376 g/mol. The molecule has 1 aromatic rings. The smallest absolute Gasteiger partial charge is 0.132 e. The molecule has 0 saturated carbocycles. The first kappa shape index (κ1) is 12.6. The molecule has 0 atom stereocenters. The van der Waals surface area contributed by atoms with Crippen molar-refractivity contribution in [3.8, 4) is 0 Å². The van der Waals surface area contributed by atoms with Crippen molar-refractivity contribution in [2.45, 2.75) is 0 Å². The summed E-state index contributed by atoms with van der Waals surface area (Å²) in [5.41, 5.74) is 1.34. The Morgan fingerprint density at radius 2 is 1.42 bits per heavy atom. The Hall–Kier alpha value is 0.640. The van der Waals surface area contributed by atoms with E-state index in [1.54, 1.807) is 0 Å². The highest BCUT2D eigenvalue weighted by Gasteiger charge is 2.09. The van der Waals surface area contributed by atoms with Gasteiger partial charge in [-0.2, -0.15) is 0 Å². The van der Waals surface area contributed by atoms with Crippen LogP contribution in [0.15, 0.2) is 24.3 Å². The first-order valence-corrected chi connectivity index (χ1v) is 4.65. The van der Waals surface area contributed by atoms with E-state index in [2.05, 4.69) is 68.0 Å². The predicted molar refractivity (Wildman–Crippen MR) is 58.7 cm³/mol. The van der Waals surface area contributed by atoms with E-state index in [0.29, 0.717) is 0 Å². The summed E-state index contributed by atoms with van der Waals surface area (Å²) in [6.07, 6.45) is 0. The molecule has 0 aliphatic carbocycles. The molecule has 68 valence electrons. The zero-order valence-electron chi connectivity index (χ0n) is 7.51. The van der Waals surface area contributed by atoms with Gasteiger partial charge in [0.15, 0.2) is 0 Å². The highest BCUT2D eigenvalue weighted by molar-refractivity contribution is 14.1. The van der Waals surface area contributed by atoms with Gasteiger partial charge in [0.05, 0.1) is 21.1 Å². The number of quaternary nitrogens is 1. The number of nitrogens with zero attached hydrogens (tertiary/aromatic N) is 1. The largest absolute Gasteiger partial charge is 1.00 e. The molecular formula is C9H13I2N. The van der Waals surface area contributed by atoms with Crippen LogP contribution in [0.5, 0.6) is 0 Å². The Morgan fingerprint density at radius 3 is 1.75 bits per heavy atom.